The number of fused-ring (bicyclic) bond motifs is 8. The number of para-hydroxylation sites is 1. The first-order valence-corrected chi connectivity index (χ1v) is 21.3. The second-order valence-electron chi connectivity index (χ2n) is 17.3. The van der Waals surface area contributed by atoms with E-state index < -0.39 is 35.4 Å². The van der Waals surface area contributed by atoms with Crippen molar-refractivity contribution in [2.24, 2.45) is 0 Å². The number of amides is 1. The highest BCUT2D eigenvalue weighted by Gasteiger charge is 2.50. The molecule has 4 fully saturated rings. The maximum absolute atomic E-state index is 17.8. The summed E-state index contributed by atoms with van der Waals surface area (Å²) in [4.78, 5) is 48.6. The molecular weight excluding hydrogens is 795 g/mol. The van der Waals surface area contributed by atoms with Gasteiger partial charge in [-0.15, -0.1) is 6.42 Å². The number of hydrogen-bond acceptors (Lipinski definition) is 11. The van der Waals surface area contributed by atoms with Crippen LogP contribution in [0.2, 0.25) is 0 Å². The molecule has 0 unspecified atom stereocenters. The predicted octanol–water partition coefficient (Wildman–Crippen LogP) is 5.76. The van der Waals surface area contributed by atoms with E-state index in [1.54, 1.807) is 24.3 Å². The van der Waals surface area contributed by atoms with Crippen LogP contribution in [-0.2, 0) is 16.0 Å². The van der Waals surface area contributed by atoms with E-state index in [-0.39, 0.29) is 72.2 Å². The number of benzene rings is 3. The lowest BCUT2D eigenvalue weighted by molar-refractivity contribution is -0.139. The number of rotatable bonds is 9. The molecule has 2 bridgehead atoms. The fourth-order valence-electron chi connectivity index (χ4n) is 10.7. The van der Waals surface area contributed by atoms with Crippen LogP contribution in [-0.4, -0.2) is 105 Å². The summed E-state index contributed by atoms with van der Waals surface area (Å²) in [7, 11) is 0. The Bertz CT molecular complexity index is 2860. The maximum Gasteiger partial charge on any atom is 0.334 e. The van der Waals surface area contributed by atoms with E-state index in [9.17, 15) is 14.0 Å². The van der Waals surface area contributed by atoms with Gasteiger partial charge < -0.3 is 34.7 Å². The number of alkyl halides is 1. The molecular formula is C47H44F2N8O5. The van der Waals surface area contributed by atoms with Crippen LogP contribution < -0.4 is 29.7 Å². The Morgan fingerprint density at radius 3 is 2.87 bits per heavy atom. The number of nitrogens with zero attached hydrogens (tertiary/aromatic N) is 5. The number of carbonyl (C=O) groups is 2. The first-order valence-electron chi connectivity index (χ1n) is 21.3. The zero-order valence-electron chi connectivity index (χ0n) is 34.0. The second-order valence-corrected chi connectivity index (χ2v) is 17.3. The number of terminal acetylenes is 1. The number of aromatic nitrogens is 4. The van der Waals surface area contributed by atoms with Gasteiger partial charge in [0.15, 0.2) is 5.82 Å². The summed E-state index contributed by atoms with van der Waals surface area (Å²) >= 11 is 0. The monoisotopic (exact) mass is 838 g/mol. The topological polar surface area (TPSA) is 147 Å². The highest BCUT2D eigenvalue weighted by atomic mass is 19.1. The molecule has 6 atom stereocenters. The highest BCUT2D eigenvalue weighted by molar-refractivity contribution is 6.04. The summed E-state index contributed by atoms with van der Waals surface area (Å²) in [6.07, 6.45) is 11.1. The molecule has 0 spiro atoms. The minimum absolute atomic E-state index is 0.0133. The SMILES string of the molecule is C#Cc1cccc2cc(OC(=O)[C@H](Cc3c[nH]c4ccccc34)NC(C)=O)cc(-c3nc4c5c(nc(OC[C@@]67CCCN6C[C@H](F)C7)nc5c3F)N3C[C@H]5CC[C@H](N5)[C@H]3CO4)c12. The third-order valence-corrected chi connectivity index (χ3v) is 13.5. The Labute approximate surface area is 355 Å². The van der Waals surface area contributed by atoms with Crippen molar-refractivity contribution in [3.8, 4) is 41.2 Å². The van der Waals surface area contributed by atoms with Crippen molar-refractivity contribution in [1.82, 2.24) is 35.5 Å². The standard InChI is InChI=1S/C47H44F2N8O5/c1-3-26-8-6-9-27-16-31(62-45(59)36(51-25(2)58)17-28-20-50-34-11-5-4-10-32(28)34)18-33(38(26)27)41-40(49)42-39-43(57-22-30-12-13-35(52-30)37(57)23-60-44(39)53-41)55-46(54-42)61-24-47-14-7-15-56(47)21-29(48)19-47/h1,4-6,8-11,16,18,20,29-30,35-37,50,52H,7,12-15,17,19,21-24H2,2H3,(H,51,58)/t29-,30-,35+,36+,37-,47+/m1/s1. The lowest BCUT2D eigenvalue weighted by atomic mass is 9.95. The van der Waals surface area contributed by atoms with Crippen molar-refractivity contribution in [3.05, 3.63) is 77.7 Å². The minimum Gasteiger partial charge on any atom is -0.475 e. The van der Waals surface area contributed by atoms with E-state index in [0.29, 0.717) is 47.1 Å². The maximum atomic E-state index is 17.8. The van der Waals surface area contributed by atoms with Crippen LogP contribution in [0.3, 0.4) is 0 Å². The number of aromatic amines is 1. The third-order valence-electron chi connectivity index (χ3n) is 13.5. The lowest BCUT2D eigenvalue weighted by Crippen LogP contribution is -2.60. The Morgan fingerprint density at radius 2 is 2.00 bits per heavy atom. The summed E-state index contributed by atoms with van der Waals surface area (Å²) in [6, 6.07) is 15.3. The van der Waals surface area contributed by atoms with Gasteiger partial charge in [0.05, 0.1) is 11.6 Å². The molecule has 4 saturated heterocycles. The van der Waals surface area contributed by atoms with Crippen molar-refractivity contribution >= 4 is 50.3 Å². The van der Waals surface area contributed by atoms with E-state index in [2.05, 4.69) is 31.3 Å². The van der Waals surface area contributed by atoms with Gasteiger partial charge in [-0.25, -0.2) is 18.6 Å². The quantitative estimate of drug-likeness (QED) is 0.0929. The first kappa shape index (κ1) is 38.5. The molecule has 1 amide bonds. The predicted molar refractivity (Wildman–Crippen MR) is 229 cm³/mol. The largest absolute Gasteiger partial charge is 0.475 e. The van der Waals surface area contributed by atoms with Gasteiger partial charge in [0.25, 0.3) is 0 Å². The van der Waals surface area contributed by atoms with Crippen LogP contribution in [0.5, 0.6) is 17.6 Å². The van der Waals surface area contributed by atoms with Gasteiger partial charge in [-0.2, -0.15) is 9.97 Å². The van der Waals surface area contributed by atoms with Gasteiger partial charge in [-0.3, -0.25) is 9.69 Å². The van der Waals surface area contributed by atoms with Crippen LogP contribution in [0.25, 0.3) is 43.8 Å². The number of H-pyrrole nitrogens is 1. The number of pyridine rings is 1. The molecule has 316 valence electrons. The number of ether oxygens (including phenoxy) is 3. The van der Waals surface area contributed by atoms with E-state index >= 15 is 4.39 Å². The van der Waals surface area contributed by atoms with Crippen molar-refractivity contribution in [1.29, 1.82) is 0 Å². The normalized spacial score (nSPS) is 24.3. The Hall–Kier alpha value is -6.37. The first-order chi connectivity index (χ1) is 30.1. The fraction of sp³-hybridized carbons (Fsp3) is 0.383. The molecule has 5 aliphatic rings. The van der Waals surface area contributed by atoms with Gasteiger partial charge in [0.2, 0.25) is 11.8 Å². The van der Waals surface area contributed by atoms with Gasteiger partial charge in [0, 0.05) is 78.6 Å². The zero-order chi connectivity index (χ0) is 42.3. The molecule has 15 heteroatoms. The van der Waals surface area contributed by atoms with E-state index in [1.165, 1.54) is 13.0 Å². The zero-order valence-corrected chi connectivity index (χ0v) is 34.0. The number of anilines is 1. The van der Waals surface area contributed by atoms with Crippen molar-refractivity contribution in [2.45, 2.75) is 81.3 Å². The summed E-state index contributed by atoms with van der Waals surface area (Å²) < 4.78 is 51.6. The summed E-state index contributed by atoms with van der Waals surface area (Å²) in [5, 5.41) is 8.76. The Kier molecular flexibility index (Phi) is 9.27. The average molecular weight is 839 g/mol. The number of piperazine rings is 1. The van der Waals surface area contributed by atoms with Crippen LogP contribution >= 0.6 is 0 Å². The van der Waals surface area contributed by atoms with E-state index in [0.717, 1.165) is 48.7 Å². The highest BCUT2D eigenvalue weighted by Crippen LogP contribution is 2.46. The average Bonchev–Trinajstić information content (AvgIpc) is 4.02. The van der Waals surface area contributed by atoms with Crippen LogP contribution in [0.1, 0.15) is 50.2 Å². The molecule has 3 aromatic carbocycles. The Morgan fingerprint density at radius 1 is 1.11 bits per heavy atom. The van der Waals surface area contributed by atoms with Crippen molar-refractivity contribution in [3.63, 3.8) is 0 Å². The molecule has 13 nitrogen and oxygen atoms in total. The van der Waals surface area contributed by atoms with Crippen molar-refractivity contribution in [2.75, 3.05) is 37.7 Å². The second kappa shape index (κ2) is 14.9. The number of carbonyl (C=O) groups excluding carboxylic acids is 2. The number of nitrogens with one attached hydrogen (secondary N) is 3. The molecule has 11 rings (SSSR count). The molecule has 0 aliphatic carbocycles. The summed E-state index contributed by atoms with van der Waals surface area (Å²) in [6.45, 7) is 3.55. The van der Waals surface area contributed by atoms with Crippen LogP contribution in [0.4, 0.5) is 14.6 Å². The Balaban J connectivity index is 1.03. The fourth-order valence-corrected chi connectivity index (χ4v) is 10.7. The van der Waals surface area contributed by atoms with E-state index in [4.69, 9.17) is 35.6 Å². The molecule has 3 N–H and O–H groups in total. The van der Waals surface area contributed by atoms with Crippen LogP contribution in [0, 0.1) is 18.2 Å². The van der Waals surface area contributed by atoms with Gasteiger partial charge >= 0.3 is 12.0 Å². The molecule has 8 heterocycles. The number of esters is 1. The molecule has 0 radical (unpaired) electrons. The molecule has 0 saturated carbocycles. The number of hydrogen-bond donors (Lipinski definition) is 3. The molecule has 5 aliphatic heterocycles. The number of halogens is 2. The molecule has 6 aromatic rings. The van der Waals surface area contributed by atoms with Gasteiger partial charge in [-0.1, -0.05) is 36.3 Å². The lowest BCUT2D eigenvalue weighted by Gasteiger charge is -2.40. The third kappa shape index (κ3) is 6.46. The summed E-state index contributed by atoms with van der Waals surface area (Å²) in [5.74, 6) is 1.55. The van der Waals surface area contributed by atoms with Gasteiger partial charge in [-0.05, 0) is 67.4 Å². The smallest absolute Gasteiger partial charge is 0.334 e. The van der Waals surface area contributed by atoms with Crippen LogP contribution in [0.15, 0.2) is 60.8 Å². The minimum atomic E-state index is -1.05. The van der Waals surface area contributed by atoms with Gasteiger partial charge in [0.1, 0.15) is 53.6 Å². The molecule has 3 aromatic heterocycles. The van der Waals surface area contributed by atoms with E-state index in [1.807, 2.05) is 30.5 Å². The summed E-state index contributed by atoms with van der Waals surface area (Å²) in [5.41, 5.74) is 1.78. The van der Waals surface area contributed by atoms with Crippen molar-refractivity contribution < 1.29 is 32.6 Å². The molecule has 62 heavy (non-hydrogen) atoms.